The summed E-state index contributed by atoms with van der Waals surface area (Å²) in [5.74, 6) is -1.69. The Bertz CT molecular complexity index is 454. The van der Waals surface area contributed by atoms with E-state index in [1.807, 2.05) is 0 Å². The standard InChI is InChI=1S/C12H16FN3O3/c1-8(11(17)14-6-7-19-2)15-12(18)9-4-3-5-10(13)16-9/h3-5,8H,6-7H2,1-2H3,(H,14,17)(H,15,18). The van der Waals surface area contributed by atoms with Gasteiger partial charge in [0, 0.05) is 13.7 Å². The summed E-state index contributed by atoms with van der Waals surface area (Å²) < 4.78 is 17.6. The molecule has 1 heterocycles. The van der Waals surface area contributed by atoms with Crippen molar-refractivity contribution in [2.45, 2.75) is 13.0 Å². The Hall–Kier alpha value is -2.02. The number of ether oxygens (including phenoxy) is 1. The van der Waals surface area contributed by atoms with E-state index in [-0.39, 0.29) is 11.6 Å². The minimum atomic E-state index is -0.746. The fourth-order valence-corrected chi connectivity index (χ4v) is 1.30. The molecule has 0 bridgehead atoms. The van der Waals surface area contributed by atoms with Crippen LogP contribution in [0.25, 0.3) is 0 Å². The van der Waals surface area contributed by atoms with Gasteiger partial charge in [-0.3, -0.25) is 9.59 Å². The van der Waals surface area contributed by atoms with E-state index in [4.69, 9.17) is 4.74 Å². The van der Waals surface area contributed by atoms with E-state index in [0.29, 0.717) is 13.2 Å². The zero-order chi connectivity index (χ0) is 14.3. The molecule has 0 aliphatic heterocycles. The summed E-state index contributed by atoms with van der Waals surface area (Å²) >= 11 is 0. The quantitative estimate of drug-likeness (QED) is 0.567. The molecule has 0 fully saturated rings. The molecule has 1 unspecified atom stereocenters. The van der Waals surface area contributed by atoms with Crippen molar-refractivity contribution in [3.8, 4) is 0 Å². The minimum Gasteiger partial charge on any atom is -0.383 e. The van der Waals surface area contributed by atoms with E-state index in [1.54, 1.807) is 0 Å². The van der Waals surface area contributed by atoms with Crippen LogP contribution in [-0.2, 0) is 9.53 Å². The van der Waals surface area contributed by atoms with E-state index in [2.05, 4.69) is 15.6 Å². The first-order valence-corrected chi connectivity index (χ1v) is 5.74. The Morgan fingerprint density at radius 2 is 2.21 bits per heavy atom. The Balaban J connectivity index is 2.49. The second-order valence-corrected chi connectivity index (χ2v) is 3.82. The fourth-order valence-electron chi connectivity index (χ4n) is 1.30. The molecule has 1 aromatic rings. The van der Waals surface area contributed by atoms with Crippen molar-refractivity contribution in [1.82, 2.24) is 15.6 Å². The number of hydrogen-bond acceptors (Lipinski definition) is 4. The number of aromatic nitrogens is 1. The summed E-state index contributed by atoms with van der Waals surface area (Å²) in [5.41, 5.74) is -0.0726. The molecular formula is C12H16FN3O3. The van der Waals surface area contributed by atoms with Gasteiger partial charge >= 0.3 is 0 Å². The molecule has 1 aromatic heterocycles. The van der Waals surface area contributed by atoms with Gasteiger partial charge in [-0.25, -0.2) is 4.98 Å². The third-order valence-electron chi connectivity index (χ3n) is 2.29. The first-order chi connectivity index (χ1) is 9.04. The fraction of sp³-hybridized carbons (Fsp3) is 0.417. The Labute approximate surface area is 110 Å². The molecule has 0 aliphatic rings. The predicted octanol–water partition coefficient (Wildman–Crippen LogP) is 0.102. The molecule has 0 aromatic carbocycles. The summed E-state index contributed by atoms with van der Waals surface area (Å²) in [4.78, 5) is 26.7. The second-order valence-electron chi connectivity index (χ2n) is 3.82. The minimum absolute atomic E-state index is 0.0726. The molecule has 7 heteroatoms. The molecule has 6 nitrogen and oxygen atoms in total. The van der Waals surface area contributed by atoms with Crippen molar-refractivity contribution in [2.75, 3.05) is 20.3 Å². The number of carbonyl (C=O) groups excluding carboxylic acids is 2. The number of hydrogen-bond donors (Lipinski definition) is 2. The van der Waals surface area contributed by atoms with Crippen molar-refractivity contribution in [1.29, 1.82) is 0 Å². The number of carbonyl (C=O) groups is 2. The monoisotopic (exact) mass is 269 g/mol. The zero-order valence-electron chi connectivity index (χ0n) is 10.8. The summed E-state index contributed by atoms with van der Waals surface area (Å²) in [7, 11) is 1.52. The van der Waals surface area contributed by atoms with Crippen LogP contribution in [0.3, 0.4) is 0 Å². The van der Waals surface area contributed by atoms with Crippen LogP contribution in [0.15, 0.2) is 18.2 Å². The summed E-state index contributed by atoms with van der Waals surface area (Å²) in [6.45, 7) is 2.27. The number of nitrogens with zero attached hydrogens (tertiary/aromatic N) is 1. The maximum Gasteiger partial charge on any atom is 0.270 e. The van der Waals surface area contributed by atoms with Crippen LogP contribution in [0.2, 0.25) is 0 Å². The first kappa shape index (κ1) is 15.0. The van der Waals surface area contributed by atoms with Gasteiger partial charge in [-0.05, 0) is 19.1 Å². The van der Waals surface area contributed by atoms with Crippen molar-refractivity contribution in [2.24, 2.45) is 0 Å². The molecule has 1 atom stereocenters. The van der Waals surface area contributed by atoms with E-state index >= 15 is 0 Å². The number of pyridine rings is 1. The molecule has 0 saturated heterocycles. The lowest BCUT2D eigenvalue weighted by Crippen LogP contribution is -2.45. The molecule has 0 aliphatic carbocycles. The normalized spacial score (nSPS) is 11.7. The highest BCUT2D eigenvalue weighted by Gasteiger charge is 2.17. The van der Waals surface area contributed by atoms with Crippen molar-refractivity contribution in [3.63, 3.8) is 0 Å². The molecule has 0 spiro atoms. The molecule has 2 N–H and O–H groups in total. The topological polar surface area (TPSA) is 80.3 Å². The van der Waals surface area contributed by atoms with Gasteiger partial charge < -0.3 is 15.4 Å². The van der Waals surface area contributed by atoms with E-state index in [9.17, 15) is 14.0 Å². The van der Waals surface area contributed by atoms with Crippen molar-refractivity contribution < 1.29 is 18.7 Å². The highest BCUT2D eigenvalue weighted by Crippen LogP contribution is 1.98. The number of methoxy groups -OCH3 is 1. The van der Waals surface area contributed by atoms with Crippen LogP contribution < -0.4 is 10.6 Å². The van der Waals surface area contributed by atoms with Gasteiger partial charge in [0.15, 0.2) is 0 Å². The van der Waals surface area contributed by atoms with E-state index < -0.39 is 17.9 Å². The third-order valence-corrected chi connectivity index (χ3v) is 2.29. The van der Waals surface area contributed by atoms with Crippen LogP contribution in [0.1, 0.15) is 17.4 Å². The molecule has 0 saturated carbocycles. The number of nitrogens with one attached hydrogen (secondary N) is 2. The van der Waals surface area contributed by atoms with Gasteiger partial charge in [-0.15, -0.1) is 0 Å². The lowest BCUT2D eigenvalue weighted by molar-refractivity contribution is -0.122. The molecule has 2 amide bonds. The lowest BCUT2D eigenvalue weighted by Gasteiger charge is -2.13. The summed E-state index contributed by atoms with van der Waals surface area (Å²) in [5, 5.41) is 5.01. The maximum atomic E-state index is 12.8. The van der Waals surface area contributed by atoms with Crippen LogP contribution in [0.4, 0.5) is 4.39 Å². The van der Waals surface area contributed by atoms with Gasteiger partial charge in [0.2, 0.25) is 11.9 Å². The molecular weight excluding hydrogens is 253 g/mol. The maximum absolute atomic E-state index is 12.8. The van der Waals surface area contributed by atoms with Gasteiger partial charge in [-0.1, -0.05) is 6.07 Å². The van der Waals surface area contributed by atoms with Gasteiger partial charge in [-0.2, -0.15) is 4.39 Å². The smallest absolute Gasteiger partial charge is 0.270 e. The average molecular weight is 269 g/mol. The number of amides is 2. The molecule has 1 rings (SSSR count). The van der Waals surface area contributed by atoms with E-state index in [0.717, 1.165) is 6.07 Å². The van der Waals surface area contributed by atoms with Gasteiger partial charge in [0.05, 0.1) is 6.61 Å². The Kier molecular flexibility index (Phi) is 5.87. The summed E-state index contributed by atoms with van der Waals surface area (Å²) in [6.07, 6.45) is 0. The Morgan fingerprint density at radius 1 is 1.47 bits per heavy atom. The lowest BCUT2D eigenvalue weighted by atomic mass is 10.2. The number of halogens is 1. The average Bonchev–Trinajstić information content (AvgIpc) is 2.38. The van der Waals surface area contributed by atoms with Gasteiger partial charge in [0.1, 0.15) is 11.7 Å². The van der Waals surface area contributed by atoms with E-state index in [1.165, 1.54) is 26.2 Å². The molecule has 104 valence electrons. The molecule has 0 radical (unpaired) electrons. The highest BCUT2D eigenvalue weighted by atomic mass is 19.1. The van der Waals surface area contributed by atoms with Crippen LogP contribution in [0.5, 0.6) is 0 Å². The number of rotatable bonds is 6. The Morgan fingerprint density at radius 3 is 2.84 bits per heavy atom. The largest absolute Gasteiger partial charge is 0.383 e. The predicted molar refractivity (Wildman–Crippen MR) is 66.0 cm³/mol. The van der Waals surface area contributed by atoms with Crippen LogP contribution in [-0.4, -0.2) is 43.1 Å². The highest BCUT2D eigenvalue weighted by molar-refractivity contribution is 5.95. The molecule has 19 heavy (non-hydrogen) atoms. The SMILES string of the molecule is COCCNC(=O)C(C)NC(=O)c1cccc(F)n1. The van der Waals surface area contributed by atoms with Crippen LogP contribution in [0, 0.1) is 5.95 Å². The van der Waals surface area contributed by atoms with Gasteiger partial charge in [0.25, 0.3) is 5.91 Å². The van der Waals surface area contributed by atoms with Crippen molar-refractivity contribution in [3.05, 3.63) is 29.8 Å². The van der Waals surface area contributed by atoms with Crippen LogP contribution >= 0.6 is 0 Å². The second kappa shape index (κ2) is 7.42. The first-order valence-electron chi connectivity index (χ1n) is 5.74. The van der Waals surface area contributed by atoms with Crippen molar-refractivity contribution >= 4 is 11.8 Å². The summed E-state index contributed by atoms with van der Waals surface area (Å²) in [6, 6.07) is 3.14. The third kappa shape index (κ3) is 5.01. The zero-order valence-corrected chi connectivity index (χ0v) is 10.8.